The summed E-state index contributed by atoms with van der Waals surface area (Å²) in [5.74, 6) is -1.04. The summed E-state index contributed by atoms with van der Waals surface area (Å²) in [4.78, 5) is 35.6. The number of methoxy groups -OCH3 is 1. The van der Waals surface area contributed by atoms with Crippen LogP contribution >= 0.6 is 11.6 Å². The van der Waals surface area contributed by atoms with Crippen molar-refractivity contribution < 1.29 is 23.9 Å². The average Bonchev–Trinajstić information content (AvgIpc) is 2.67. The molecule has 0 heterocycles. The lowest BCUT2D eigenvalue weighted by Gasteiger charge is -2.11. The van der Waals surface area contributed by atoms with Gasteiger partial charge in [0.1, 0.15) is 5.75 Å². The molecule has 2 N–H and O–H groups in total. The highest BCUT2D eigenvalue weighted by molar-refractivity contribution is 6.31. The molecule has 0 atom stereocenters. The van der Waals surface area contributed by atoms with Gasteiger partial charge in [0, 0.05) is 17.1 Å². The molecule has 0 saturated carbocycles. The summed E-state index contributed by atoms with van der Waals surface area (Å²) in [7, 11) is 1.47. The lowest BCUT2D eigenvalue weighted by molar-refractivity contribution is -0.147. The first-order chi connectivity index (χ1) is 13.4. The number of carbonyl (C=O) groups excluding carboxylic acids is 3. The third-order valence-corrected chi connectivity index (χ3v) is 4.01. The maximum Gasteiger partial charge on any atom is 0.306 e. The van der Waals surface area contributed by atoms with Gasteiger partial charge in [-0.15, -0.1) is 0 Å². The smallest absolute Gasteiger partial charge is 0.306 e. The topological polar surface area (TPSA) is 93.7 Å². The SMILES string of the molecule is COc1ccc(Cl)cc1NC(=O)CCC(=O)OCC(=O)Nc1ccccc1C. The van der Waals surface area contributed by atoms with Gasteiger partial charge in [0.05, 0.1) is 19.2 Å². The third-order valence-electron chi connectivity index (χ3n) is 3.78. The molecule has 0 spiro atoms. The fraction of sp³-hybridized carbons (Fsp3) is 0.250. The minimum absolute atomic E-state index is 0.103. The van der Waals surface area contributed by atoms with Crippen molar-refractivity contribution in [1.29, 1.82) is 0 Å². The molecular formula is C20H21ClN2O5. The van der Waals surface area contributed by atoms with Crippen LogP contribution in [-0.4, -0.2) is 31.5 Å². The first-order valence-electron chi connectivity index (χ1n) is 8.53. The molecule has 7 nitrogen and oxygen atoms in total. The molecule has 2 aromatic carbocycles. The van der Waals surface area contributed by atoms with Crippen LogP contribution < -0.4 is 15.4 Å². The Balaban J connectivity index is 1.75. The van der Waals surface area contributed by atoms with Crippen molar-refractivity contribution in [3.63, 3.8) is 0 Å². The molecule has 2 amide bonds. The Labute approximate surface area is 168 Å². The number of carbonyl (C=O) groups is 3. The van der Waals surface area contributed by atoms with Crippen molar-refractivity contribution in [3.8, 4) is 5.75 Å². The number of anilines is 2. The second-order valence-electron chi connectivity index (χ2n) is 5.92. The van der Waals surface area contributed by atoms with Gasteiger partial charge in [-0.25, -0.2) is 0 Å². The molecule has 28 heavy (non-hydrogen) atoms. The van der Waals surface area contributed by atoms with Crippen LogP contribution in [0.3, 0.4) is 0 Å². The normalized spacial score (nSPS) is 10.1. The second-order valence-corrected chi connectivity index (χ2v) is 6.35. The van der Waals surface area contributed by atoms with E-state index in [4.69, 9.17) is 21.1 Å². The number of halogens is 1. The van der Waals surface area contributed by atoms with E-state index in [-0.39, 0.29) is 12.8 Å². The Bertz CT molecular complexity index is 869. The number of benzene rings is 2. The number of aryl methyl sites for hydroxylation is 1. The quantitative estimate of drug-likeness (QED) is 0.656. The summed E-state index contributed by atoms with van der Waals surface area (Å²) in [6, 6.07) is 12.1. The lowest BCUT2D eigenvalue weighted by Crippen LogP contribution is -2.22. The van der Waals surface area contributed by atoms with Gasteiger partial charge in [-0.1, -0.05) is 29.8 Å². The van der Waals surface area contributed by atoms with Gasteiger partial charge < -0.3 is 20.1 Å². The maximum atomic E-state index is 12.0. The molecular weight excluding hydrogens is 384 g/mol. The van der Waals surface area contributed by atoms with Crippen molar-refractivity contribution in [2.24, 2.45) is 0 Å². The highest BCUT2D eigenvalue weighted by Crippen LogP contribution is 2.27. The highest BCUT2D eigenvalue weighted by Gasteiger charge is 2.13. The molecule has 8 heteroatoms. The van der Waals surface area contributed by atoms with E-state index in [1.807, 2.05) is 19.1 Å². The summed E-state index contributed by atoms with van der Waals surface area (Å²) in [6.07, 6.45) is -0.264. The van der Waals surface area contributed by atoms with Crippen LogP contribution in [0.1, 0.15) is 18.4 Å². The van der Waals surface area contributed by atoms with Gasteiger partial charge in [-0.3, -0.25) is 14.4 Å². The maximum absolute atomic E-state index is 12.0. The van der Waals surface area contributed by atoms with E-state index < -0.39 is 24.4 Å². The van der Waals surface area contributed by atoms with Crippen LogP contribution in [0.5, 0.6) is 5.75 Å². The van der Waals surface area contributed by atoms with Gasteiger partial charge >= 0.3 is 5.97 Å². The molecule has 0 aliphatic heterocycles. The van der Waals surface area contributed by atoms with Gasteiger partial charge in [0.2, 0.25) is 5.91 Å². The summed E-state index contributed by atoms with van der Waals surface area (Å²) in [5, 5.41) is 5.73. The van der Waals surface area contributed by atoms with Crippen molar-refractivity contribution >= 4 is 40.8 Å². The summed E-state index contributed by atoms with van der Waals surface area (Å²) in [5.41, 5.74) is 1.96. The largest absolute Gasteiger partial charge is 0.495 e. The van der Waals surface area contributed by atoms with E-state index in [1.54, 1.807) is 30.3 Å². The van der Waals surface area contributed by atoms with Gasteiger partial charge in [0.15, 0.2) is 6.61 Å². The first-order valence-corrected chi connectivity index (χ1v) is 8.91. The number of hydrogen-bond donors (Lipinski definition) is 2. The molecule has 0 unspecified atom stereocenters. The van der Waals surface area contributed by atoms with Gasteiger partial charge in [-0.2, -0.15) is 0 Å². The van der Waals surface area contributed by atoms with E-state index in [1.165, 1.54) is 7.11 Å². The van der Waals surface area contributed by atoms with Crippen molar-refractivity contribution in [2.45, 2.75) is 19.8 Å². The minimum Gasteiger partial charge on any atom is -0.495 e. The highest BCUT2D eigenvalue weighted by atomic mass is 35.5. The standard InChI is InChI=1S/C20H21ClN2O5/c1-13-5-3-4-6-15(13)22-19(25)12-28-20(26)10-9-18(24)23-16-11-14(21)7-8-17(16)27-2/h3-8,11H,9-10,12H2,1-2H3,(H,22,25)(H,23,24). The fourth-order valence-corrected chi connectivity index (χ4v) is 2.50. The average molecular weight is 405 g/mol. The predicted molar refractivity (Wildman–Crippen MR) is 107 cm³/mol. The molecule has 148 valence electrons. The van der Waals surface area contributed by atoms with E-state index in [0.29, 0.717) is 22.1 Å². The molecule has 0 aliphatic carbocycles. The Morgan fingerprint density at radius 1 is 0.964 bits per heavy atom. The van der Waals surface area contributed by atoms with Gasteiger partial charge in [-0.05, 0) is 36.8 Å². The second kappa shape index (κ2) is 10.3. The van der Waals surface area contributed by atoms with Crippen LogP contribution in [0.25, 0.3) is 0 Å². The Hall–Kier alpha value is -3.06. The lowest BCUT2D eigenvalue weighted by atomic mass is 10.2. The van der Waals surface area contributed by atoms with Crippen LogP contribution in [0, 0.1) is 6.92 Å². The third kappa shape index (κ3) is 6.59. The Kier molecular flexibility index (Phi) is 7.83. The zero-order chi connectivity index (χ0) is 20.5. The first kappa shape index (κ1) is 21.2. The summed E-state index contributed by atoms with van der Waals surface area (Å²) < 4.78 is 10.0. The minimum atomic E-state index is -0.645. The zero-order valence-electron chi connectivity index (χ0n) is 15.6. The van der Waals surface area contributed by atoms with Crippen LogP contribution in [0.2, 0.25) is 5.02 Å². The van der Waals surface area contributed by atoms with E-state index in [0.717, 1.165) is 5.56 Å². The number of nitrogens with one attached hydrogen (secondary N) is 2. The van der Waals surface area contributed by atoms with Crippen molar-refractivity contribution in [2.75, 3.05) is 24.4 Å². The number of para-hydroxylation sites is 1. The molecule has 0 aromatic heterocycles. The molecule has 2 aromatic rings. The molecule has 2 rings (SSSR count). The molecule has 0 fully saturated rings. The van der Waals surface area contributed by atoms with Crippen molar-refractivity contribution in [3.05, 3.63) is 53.1 Å². The van der Waals surface area contributed by atoms with E-state index in [9.17, 15) is 14.4 Å². The van der Waals surface area contributed by atoms with Gasteiger partial charge in [0.25, 0.3) is 5.91 Å². The Morgan fingerprint density at radius 3 is 2.39 bits per heavy atom. The van der Waals surface area contributed by atoms with Crippen LogP contribution in [0.4, 0.5) is 11.4 Å². The zero-order valence-corrected chi connectivity index (χ0v) is 16.3. The van der Waals surface area contributed by atoms with Crippen LogP contribution in [-0.2, 0) is 19.1 Å². The molecule has 0 bridgehead atoms. The molecule has 0 aliphatic rings. The fourth-order valence-electron chi connectivity index (χ4n) is 2.32. The number of ether oxygens (including phenoxy) is 2. The number of amides is 2. The van der Waals surface area contributed by atoms with Crippen molar-refractivity contribution in [1.82, 2.24) is 0 Å². The summed E-state index contributed by atoms with van der Waals surface area (Å²) in [6.45, 7) is 1.44. The van der Waals surface area contributed by atoms with E-state index in [2.05, 4.69) is 10.6 Å². The number of esters is 1. The number of rotatable bonds is 8. The summed E-state index contributed by atoms with van der Waals surface area (Å²) >= 11 is 5.90. The number of hydrogen-bond acceptors (Lipinski definition) is 5. The van der Waals surface area contributed by atoms with Crippen LogP contribution in [0.15, 0.2) is 42.5 Å². The Morgan fingerprint density at radius 2 is 1.68 bits per heavy atom. The van der Waals surface area contributed by atoms with E-state index >= 15 is 0 Å². The molecule has 0 radical (unpaired) electrons. The monoisotopic (exact) mass is 404 g/mol. The predicted octanol–water partition coefficient (Wildman–Crippen LogP) is 3.56. The molecule has 0 saturated heterocycles.